The minimum absolute atomic E-state index is 0.0199. The largest absolute Gasteiger partial charge is 0.481 e. The number of carboxylic acids is 5. The number of carbonyl (C=O) groups is 13. The molecule has 68 heavy (non-hydrogen) atoms. The number of hydrogen-bond donors (Lipinski definition) is 17. The lowest BCUT2D eigenvalue weighted by Crippen LogP contribution is -2.61. The fraction of sp³-hybridized carbons (Fsp3) is 0.658. The van der Waals surface area contributed by atoms with Crippen molar-refractivity contribution in [1.82, 2.24) is 42.5 Å². The molecule has 0 aliphatic rings. The van der Waals surface area contributed by atoms with Gasteiger partial charge in [-0.15, -0.1) is 0 Å². The lowest BCUT2D eigenvalue weighted by atomic mass is 10.0. The maximum Gasteiger partial charge on any atom is 0.326 e. The van der Waals surface area contributed by atoms with Crippen molar-refractivity contribution in [3.8, 4) is 0 Å². The maximum absolute atomic E-state index is 13.2. The second-order valence-electron chi connectivity index (χ2n) is 15.7. The summed E-state index contributed by atoms with van der Waals surface area (Å²) < 4.78 is 0. The summed E-state index contributed by atoms with van der Waals surface area (Å²) in [6, 6.07) is -16.0. The molecule has 30 nitrogen and oxygen atoms in total. The van der Waals surface area contributed by atoms with Gasteiger partial charge < -0.3 is 89.1 Å². The summed E-state index contributed by atoms with van der Waals surface area (Å²) in [5.41, 5.74) is 5.85. The van der Waals surface area contributed by atoms with E-state index in [1.165, 1.54) is 0 Å². The van der Waals surface area contributed by atoms with Crippen LogP contribution in [0.2, 0.25) is 0 Å². The van der Waals surface area contributed by atoms with E-state index in [2.05, 4.69) is 16.0 Å². The Balaban J connectivity index is 6.05. The summed E-state index contributed by atoms with van der Waals surface area (Å²) in [6.45, 7) is 3.28. The number of amides is 8. The standard InChI is InChI=1S/C38H61N9O21/c1-15(2)11-18(39)31(60)47-29(17(4)50)37(66)42-19(5-8-25(51)52)32(61)40-16(3)30(59)45-23(13-48)36(65)46-24(14-49)35(64)44-22(12-28(57)58)34(63)41-20(6-9-26(53)54)33(62)43-21(38(67)68)7-10-27(55)56/h15-24,29,48-50H,5-14,39H2,1-4H3,(H,40,61)(H,41,63)(H,42,66)(H,43,62)(H,44,64)(H,45,59)(H,46,65)(H,47,60)(H,51,52)(H,53,54)(H,55,56)(H,57,58)(H,67,68)/t16-,17+,18-,19-,20-,21-,22-,23-,24-,29-/m0/s1. The Hall–Kier alpha value is -7.05. The second kappa shape index (κ2) is 30.3. The minimum atomic E-state index is -2.14. The first-order valence-electron chi connectivity index (χ1n) is 20.7. The normalized spacial score (nSPS) is 15.4. The summed E-state index contributed by atoms with van der Waals surface area (Å²) >= 11 is 0. The number of nitrogens with one attached hydrogen (secondary N) is 8. The molecule has 0 heterocycles. The number of aliphatic hydroxyl groups excluding tert-OH is 3. The Kier molecular flexibility index (Phi) is 27.1. The van der Waals surface area contributed by atoms with Gasteiger partial charge in [0.2, 0.25) is 47.3 Å². The van der Waals surface area contributed by atoms with Crippen LogP contribution in [-0.2, 0) is 62.3 Å². The van der Waals surface area contributed by atoms with Gasteiger partial charge in [0.1, 0.15) is 48.3 Å². The fourth-order valence-electron chi connectivity index (χ4n) is 5.68. The molecule has 0 bridgehead atoms. The van der Waals surface area contributed by atoms with Crippen molar-refractivity contribution in [2.24, 2.45) is 11.7 Å². The van der Waals surface area contributed by atoms with Crippen molar-refractivity contribution >= 4 is 77.1 Å². The molecule has 0 aliphatic heterocycles. The van der Waals surface area contributed by atoms with Crippen LogP contribution < -0.4 is 48.3 Å². The Bertz CT molecular complexity index is 1850. The Labute approximate surface area is 386 Å². The quantitative estimate of drug-likeness (QED) is 0.0290. The Morgan fingerprint density at radius 3 is 1.18 bits per heavy atom. The summed E-state index contributed by atoms with van der Waals surface area (Å²) in [5.74, 6) is -17.8. The third-order valence-electron chi connectivity index (χ3n) is 9.34. The van der Waals surface area contributed by atoms with Crippen LogP contribution in [0.5, 0.6) is 0 Å². The zero-order chi connectivity index (χ0) is 52.6. The van der Waals surface area contributed by atoms with Crippen LogP contribution in [0.15, 0.2) is 0 Å². The van der Waals surface area contributed by atoms with Gasteiger partial charge in [0.05, 0.1) is 31.8 Å². The highest BCUT2D eigenvalue weighted by Crippen LogP contribution is 2.08. The fourth-order valence-corrected chi connectivity index (χ4v) is 5.68. The van der Waals surface area contributed by atoms with E-state index in [0.29, 0.717) is 0 Å². The van der Waals surface area contributed by atoms with Crippen molar-refractivity contribution in [1.29, 1.82) is 0 Å². The zero-order valence-corrected chi connectivity index (χ0v) is 37.4. The van der Waals surface area contributed by atoms with Gasteiger partial charge in [0.15, 0.2) is 0 Å². The third kappa shape index (κ3) is 23.4. The molecular formula is C38H61N9O21. The predicted octanol–water partition coefficient (Wildman–Crippen LogP) is -7.22. The van der Waals surface area contributed by atoms with Gasteiger partial charge in [-0.05, 0) is 45.4 Å². The Morgan fingerprint density at radius 1 is 0.426 bits per heavy atom. The number of carbonyl (C=O) groups excluding carboxylic acids is 8. The van der Waals surface area contributed by atoms with Crippen LogP contribution in [0.4, 0.5) is 0 Å². The number of nitrogens with two attached hydrogens (primary N) is 1. The lowest BCUT2D eigenvalue weighted by molar-refractivity contribution is -0.145. The first-order valence-corrected chi connectivity index (χ1v) is 20.7. The van der Waals surface area contributed by atoms with E-state index in [1.54, 1.807) is 13.8 Å². The summed E-state index contributed by atoms with van der Waals surface area (Å²) in [4.78, 5) is 161. The van der Waals surface area contributed by atoms with Crippen LogP contribution in [0.1, 0.15) is 79.1 Å². The Morgan fingerprint density at radius 2 is 0.779 bits per heavy atom. The highest BCUT2D eigenvalue weighted by Gasteiger charge is 2.36. The van der Waals surface area contributed by atoms with Crippen LogP contribution in [0, 0.1) is 5.92 Å². The van der Waals surface area contributed by atoms with Crippen LogP contribution in [0.3, 0.4) is 0 Å². The first-order chi connectivity index (χ1) is 31.5. The third-order valence-corrected chi connectivity index (χ3v) is 9.34. The van der Waals surface area contributed by atoms with Gasteiger partial charge in [-0.3, -0.25) is 57.5 Å². The average Bonchev–Trinajstić information content (AvgIpc) is 3.23. The zero-order valence-electron chi connectivity index (χ0n) is 37.4. The van der Waals surface area contributed by atoms with E-state index in [9.17, 15) is 93.0 Å². The predicted molar refractivity (Wildman–Crippen MR) is 225 cm³/mol. The average molecular weight is 980 g/mol. The molecule has 10 atom stereocenters. The van der Waals surface area contributed by atoms with Crippen molar-refractivity contribution in [3.05, 3.63) is 0 Å². The number of aliphatic carboxylic acids is 5. The number of rotatable bonds is 33. The topological polar surface area (TPSA) is 506 Å². The highest BCUT2D eigenvalue weighted by molar-refractivity contribution is 5.99. The molecule has 0 saturated heterocycles. The van der Waals surface area contributed by atoms with E-state index in [0.717, 1.165) is 13.8 Å². The van der Waals surface area contributed by atoms with Crippen LogP contribution >= 0.6 is 0 Å². The molecule has 0 radical (unpaired) electrons. The van der Waals surface area contributed by atoms with Gasteiger partial charge in [-0.25, -0.2) is 4.79 Å². The molecule has 30 heteroatoms. The molecule has 384 valence electrons. The van der Waals surface area contributed by atoms with Crippen LogP contribution in [0.25, 0.3) is 0 Å². The van der Waals surface area contributed by atoms with E-state index < -0.39 is 196 Å². The smallest absolute Gasteiger partial charge is 0.326 e. The summed E-state index contributed by atoms with van der Waals surface area (Å²) in [6.07, 6.45) is -6.74. The van der Waals surface area contributed by atoms with Crippen molar-refractivity contribution < 1.29 is 103 Å². The molecule has 0 aliphatic carbocycles. The number of aliphatic hydroxyl groups is 3. The van der Waals surface area contributed by atoms with Gasteiger partial charge in [-0.2, -0.15) is 0 Å². The van der Waals surface area contributed by atoms with Crippen molar-refractivity contribution in [3.63, 3.8) is 0 Å². The lowest BCUT2D eigenvalue weighted by Gasteiger charge is -2.27. The molecule has 0 unspecified atom stereocenters. The van der Waals surface area contributed by atoms with E-state index in [1.807, 2.05) is 26.6 Å². The number of hydrogen-bond acceptors (Lipinski definition) is 17. The van der Waals surface area contributed by atoms with Gasteiger partial charge in [-0.1, -0.05) is 13.8 Å². The maximum atomic E-state index is 13.2. The van der Waals surface area contributed by atoms with Crippen LogP contribution in [-0.4, -0.2) is 192 Å². The molecule has 18 N–H and O–H groups in total. The molecule has 0 aromatic rings. The molecule has 0 fully saturated rings. The van der Waals surface area contributed by atoms with Gasteiger partial charge >= 0.3 is 29.8 Å². The van der Waals surface area contributed by atoms with E-state index in [-0.39, 0.29) is 12.3 Å². The van der Waals surface area contributed by atoms with E-state index in [4.69, 9.17) is 15.9 Å². The number of carboxylic acid groups (broad SMARTS) is 5. The van der Waals surface area contributed by atoms with Crippen molar-refractivity contribution in [2.45, 2.75) is 140 Å². The summed E-state index contributed by atoms with van der Waals surface area (Å²) in [7, 11) is 0. The molecule has 0 aromatic carbocycles. The highest BCUT2D eigenvalue weighted by atomic mass is 16.4. The summed E-state index contributed by atoms with van der Waals surface area (Å²) in [5, 5.41) is 92.5. The minimum Gasteiger partial charge on any atom is -0.481 e. The van der Waals surface area contributed by atoms with Gasteiger partial charge in [0.25, 0.3) is 0 Å². The molecule has 0 rings (SSSR count). The van der Waals surface area contributed by atoms with Crippen molar-refractivity contribution in [2.75, 3.05) is 13.2 Å². The first kappa shape index (κ1) is 60.9. The monoisotopic (exact) mass is 979 g/mol. The molecule has 0 aromatic heterocycles. The van der Waals surface area contributed by atoms with Gasteiger partial charge in [0, 0.05) is 19.3 Å². The van der Waals surface area contributed by atoms with E-state index >= 15 is 0 Å². The SMILES string of the molecule is CC(C)C[C@H](N)C(=O)N[C@H](C(=O)N[C@@H](CCC(=O)O)C(=O)N[C@@H](C)C(=O)N[C@@H](CO)C(=O)N[C@@H](CO)C(=O)N[C@@H](CC(=O)O)C(=O)N[C@@H](CCC(=O)O)C(=O)N[C@@H](CCC(=O)O)C(=O)O)[C@@H](C)O. The second-order valence-corrected chi connectivity index (χ2v) is 15.7. The molecule has 0 saturated carbocycles. The molecule has 8 amide bonds. The molecular weight excluding hydrogens is 918 g/mol. The molecule has 0 spiro atoms.